The van der Waals surface area contributed by atoms with Crippen LogP contribution in [-0.4, -0.2) is 28.3 Å². The molecule has 0 spiro atoms. The lowest BCUT2D eigenvalue weighted by Gasteiger charge is -2.17. The maximum Gasteiger partial charge on any atom is 0.306 e. The second-order valence-electron chi connectivity index (χ2n) is 7.76. The first-order valence-corrected chi connectivity index (χ1v) is 10.9. The highest BCUT2D eigenvalue weighted by atomic mass is 35.5. The number of carbonyl (C=O) groups excluding carboxylic acids is 2. The zero-order valence-electron chi connectivity index (χ0n) is 16.8. The molecule has 0 saturated carbocycles. The summed E-state index contributed by atoms with van der Waals surface area (Å²) < 4.78 is 6.27. The molecule has 1 atom stereocenters. The molecule has 1 N–H and O–H groups in total. The van der Waals surface area contributed by atoms with Crippen LogP contribution in [0.3, 0.4) is 0 Å². The molecule has 5 nitrogen and oxygen atoms in total. The predicted octanol–water partition coefficient (Wildman–Crippen LogP) is 5.77. The van der Waals surface area contributed by atoms with Crippen LogP contribution in [0, 0.1) is 5.92 Å². The van der Waals surface area contributed by atoms with Gasteiger partial charge in [-0.1, -0.05) is 43.2 Å². The molecule has 0 aliphatic rings. The van der Waals surface area contributed by atoms with Gasteiger partial charge in [-0.3, -0.25) is 9.59 Å². The SMILES string of the molecule is C[C@H](CCCC(C)(C)Cl)CCOC(=O)CCC(=O)Nc1nc2ccccc2s1. The number of carbonyl (C=O) groups is 2. The number of nitrogens with zero attached hydrogens (tertiary/aromatic N) is 1. The third-order valence-corrected chi connectivity index (χ3v) is 5.58. The Morgan fingerprint density at radius 2 is 2.00 bits per heavy atom. The van der Waals surface area contributed by atoms with E-state index in [1.54, 1.807) is 0 Å². The minimum Gasteiger partial charge on any atom is -0.466 e. The molecule has 1 aromatic heterocycles. The molecular formula is C21H29ClN2O3S. The summed E-state index contributed by atoms with van der Waals surface area (Å²) in [5, 5.41) is 3.30. The standard InChI is InChI=1S/C21H29ClN2O3S/c1-15(7-6-13-21(2,3)22)12-14-27-19(26)11-10-18(25)24-20-23-16-8-4-5-9-17(16)28-20/h4-5,8-9,15H,6-7,10-14H2,1-3H3,(H,23,24,25)/t15-/m1/s1. The number of rotatable bonds is 11. The molecule has 28 heavy (non-hydrogen) atoms. The van der Waals surface area contributed by atoms with Gasteiger partial charge in [-0.15, -0.1) is 11.6 Å². The van der Waals surface area contributed by atoms with Gasteiger partial charge < -0.3 is 10.1 Å². The number of hydrogen-bond donors (Lipinski definition) is 1. The van der Waals surface area contributed by atoms with Crippen LogP contribution in [0.4, 0.5) is 5.13 Å². The number of amides is 1. The van der Waals surface area contributed by atoms with Crippen molar-refractivity contribution in [2.45, 2.75) is 64.2 Å². The maximum absolute atomic E-state index is 12.0. The van der Waals surface area contributed by atoms with Crippen molar-refractivity contribution < 1.29 is 14.3 Å². The molecular weight excluding hydrogens is 396 g/mol. The van der Waals surface area contributed by atoms with E-state index in [0.717, 1.165) is 35.9 Å². The molecule has 0 aliphatic heterocycles. The Morgan fingerprint density at radius 3 is 2.71 bits per heavy atom. The largest absolute Gasteiger partial charge is 0.466 e. The summed E-state index contributed by atoms with van der Waals surface area (Å²) in [6.45, 7) is 6.59. The maximum atomic E-state index is 12.0. The number of aromatic nitrogens is 1. The number of ether oxygens (including phenoxy) is 1. The number of hydrogen-bond acceptors (Lipinski definition) is 5. The van der Waals surface area contributed by atoms with Crippen molar-refractivity contribution in [3.63, 3.8) is 0 Å². The number of anilines is 1. The highest BCUT2D eigenvalue weighted by Crippen LogP contribution is 2.25. The molecule has 1 amide bonds. The quantitative estimate of drug-likeness (QED) is 0.367. The molecule has 0 bridgehead atoms. The minimum atomic E-state index is -0.339. The zero-order valence-corrected chi connectivity index (χ0v) is 18.4. The number of alkyl halides is 1. The lowest BCUT2D eigenvalue weighted by molar-refractivity contribution is -0.145. The zero-order chi connectivity index (χ0) is 20.6. The van der Waals surface area contributed by atoms with Gasteiger partial charge in [0.05, 0.1) is 23.2 Å². The number of benzene rings is 1. The van der Waals surface area contributed by atoms with E-state index in [-0.39, 0.29) is 29.6 Å². The summed E-state index contributed by atoms with van der Waals surface area (Å²) in [4.78, 5) is 28.0. The summed E-state index contributed by atoms with van der Waals surface area (Å²) in [5.74, 6) is -0.0873. The Labute approximate surface area is 175 Å². The van der Waals surface area contributed by atoms with Gasteiger partial charge in [-0.05, 0) is 44.7 Å². The van der Waals surface area contributed by atoms with Crippen LogP contribution >= 0.6 is 22.9 Å². The number of fused-ring (bicyclic) bond motifs is 1. The van der Waals surface area contributed by atoms with E-state index in [0.29, 0.717) is 17.7 Å². The highest BCUT2D eigenvalue weighted by molar-refractivity contribution is 7.22. The van der Waals surface area contributed by atoms with Gasteiger partial charge in [0.25, 0.3) is 0 Å². The van der Waals surface area contributed by atoms with E-state index in [9.17, 15) is 9.59 Å². The van der Waals surface area contributed by atoms with Gasteiger partial charge in [-0.2, -0.15) is 0 Å². The number of halogens is 1. The van der Waals surface area contributed by atoms with Gasteiger partial charge >= 0.3 is 5.97 Å². The number of para-hydroxylation sites is 1. The summed E-state index contributed by atoms with van der Waals surface area (Å²) in [6, 6.07) is 7.69. The van der Waals surface area contributed by atoms with Crippen molar-refractivity contribution in [3.8, 4) is 0 Å². The van der Waals surface area contributed by atoms with Gasteiger partial charge in [0.2, 0.25) is 5.91 Å². The van der Waals surface area contributed by atoms with E-state index < -0.39 is 0 Å². The minimum absolute atomic E-state index is 0.0749. The number of nitrogens with one attached hydrogen (secondary N) is 1. The van der Waals surface area contributed by atoms with Crippen LogP contribution in [0.25, 0.3) is 10.2 Å². The average Bonchev–Trinajstić information content (AvgIpc) is 3.01. The van der Waals surface area contributed by atoms with Crippen molar-refractivity contribution in [2.75, 3.05) is 11.9 Å². The molecule has 0 radical (unpaired) electrons. The lowest BCUT2D eigenvalue weighted by Crippen LogP contribution is -2.15. The van der Waals surface area contributed by atoms with E-state index in [4.69, 9.17) is 16.3 Å². The van der Waals surface area contributed by atoms with E-state index in [1.807, 2.05) is 38.1 Å². The van der Waals surface area contributed by atoms with Gasteiger partial charge in [0, 0.05) is 11.3 Å². The topological polar surface area (TPSA) is 68.3 Å². The van der Waals surface area contributed by atoms with Gasteiger partial charge in [-0.25, -0.2) is 4.98 Å². The van der Waals surface area contributed by atoms with Crippen molar-refractivity contribution >= 4 is 50.2 Å². The summed E-state index contributed by atoms with van der Waals surface area (Å²) in [7, 11) is 0. The third-order valence-electron chi connectivity index (χ3n) is 4.44. The Morgan fingerprint density at radius 1 is 1.25 bits per heavy atom. The Balaban J connectivity index is 1.59. The number of thiazole rings is 1. The van der Waals surface area contributed by atoms with Gasteiger partial charge in [0.15, 0.2) is 5.13 Å². The Bertz CT molecular complexity index is 752. The molecule has 0 saturated heterocycles. The second-order valence-corrected chi connectivity index (χ2v) is 9.81. The molecule has 2 rings (SSSR count). The monoisotopic (exact) mass is 424 g/mol. The van der Waals surface area contributed by atoms with Crippen molar-refractivity contribution in [1.29, 1.82) is 0 Å². The summed E-state index contributed by atoms with van der Waals surface area (Å²) in [5.41, 5.74) is 0.853. The van der Waals surface area contributed by atoms with Crippen LogP contribution in [0.1, 0.15) is 59.3 Å². The fraction of sp³-hybridized carbons (Fsp3) is 0.571. The summed E-state index contributed by atoms with van der Waals surface area (Å²) in [6.07, 6.45) is 4.10. The molecule has 2 aromatic rings. The van der Waals surface area contributed by atoms with Crippen LogP contribution in [0.15, 0.2) is 24.3 Å². The van der Waals surface area contributed by atoms with Crippen LogP contribution < -0.4 is 5.32 Å². The van der Waals surface area contributed by atoms with E-state index in [1.165, 1.54) is 11.3 Å². The smallest absolute Gasteiger partial charge is 0.306 e. The molecule has 0 unspecified atom stereocenters. The highest BCUT2D eigenvalue weighted by Gasteiger charge is 2.14. The first-order valence-electron chi connectivity index (χ1n) is 9.73. The van der Waals surface area contributed by atoms with Crippen LogP contribution in [0.5, 0.6) is 0 Å². The van der Waals surface area contributed by atoms with E-state index >= 15 is 0 Å². The molecule has 1 heterocycles. The normalized spacial score (nSPS) is 12.7. The van der Waals surface area contributed by atoms with Crippen molar-refractivity contribution in [3.05, 3.63) is 24.3 Å². The fourth-order valence-electron chi connectivity index (χ4n) is 2.78. The Kier molecular flexibility index (Phi) is 8.70. The molecule has 154 valence electrons. The van der Waals surface area contributed by atoms with E-state index in [2.05, 4.69) is 17.2 Å². The first kappa shape index (κ1) is 22.6. The molecule has 1 aromatic carbocycles. The average molecular weight is 425 g/mol. The fourth-order valence-corrected chi connectivity index (χ4v) is 3.80. The van der Waals surface area contributed by atoms with Crippen molar-refractivity contribution in [2.24, 2.45) is 5.92 Å². The third kappa shape index (κ3) is 8.57. The lowest BCUT2D eigenvalue weighted by atomic mass is 9.97. The first-order chi connectivity index (χ1) is 13.2. The molecule has 0 fully saturated rings. The predicted molar refractivity (Wildman–Crippen MR) is 116 cm³/mol. The van der Waals surface area contributed by atoms with Crippen molar-refractivity contribution in [1.82, 2.24) is 4.98 Å². The van der Waals surface area contributed by atoms with Gasteiger partial charge in [0.1, 0.15) is 0 Å². The van der Waals surface area contributed by atoms with Crippen LogP contribution in [0.2, 0.25) is 0 Å². The number of esters is 1. The second kappa shape index (κ2) is 10.8. The van der Waals surface area contributed by atoms with Crippen LogP contribution in [-0.2, 0) is 14.3 Å². The molecule has 0 aliphatic carbocycles. The summed E-state index contributed by atoms with van der Waals surface area (Å²) >= 11 is 7.61. The molecule has 7 heteroatoms. The Hall–Kier alpha value is -1.66.